The zero-order chi connectivity index (χ0) is 19.1. The van der Waals surface area contributed by atoms with E-state index in [0.29, 0.717) is 24.3 Å². The van der Waals surface area contributed by atoms with E-state index in [0.717, 1.165) is 15.5 Å². The summed E-state index contributed by atoms with van der Waals surface area (Å²) in [6.45, 7) is 1.13. The summed E-state index contributed by atoms with van der Waals surface area (Å²) in [5, 5.41) is 14.7. The molecule has 1 aliphatic heterocycles. The molecule has 0 atom stereocenters. The van der Waals surface area contributed by atoms with Gasteiger partial charge in [0.25, 0.3) is 0 Å². The second kappa shape index (κ2) is 6.64. The number of thiazole rings is 1. The van der Waals surface area contributed by atoms with Crippen LogP contribution in [0.2, 0.25) is 0 Å². The number of benzene rings is 2. The number of halogens is 1. The topological polar surface area (TPSA) is 88.8 Å². The smallest absolute Gasteiger partial charge is 0.231 e. The van der Waals surface area contributed by atoms with E-state index < -0.39 is 0 Å². The van der Waals surface area contributed by atoms with Crippen LogP contribution in [0.5, 0.6) is 0 Å². The molecule has 2 aromatic carbocycles. The van der Waals surface area contributed by atoms with Crippen LogP contribution < -0.4 is 10.2 Å². The first-order chi connectivity index (χ1) is 13.7. The molecule has 3 heterocycles. The minimum absolute atomic E-state index is 0.0429. The summed E-state index contributed by atoms with van der Waals surface area (Å²) in [6.07, 6.45) is 1.50. The molecule has 0 radical (unpaired) electrons. The standard InChI is InChI=1S/C18H14FN7OS/c19-14-2-1-3-15-16(14)22-18(28-15)25-8-11(9-25)17(27)21-12-4-6-13(7-5-12)26-10-20-23-24-26/h1-7,10-11H,8-9H2,(H,21,27). The number of rotatable bonds is 4. The van der Waals surface area contributed by atoms with Gasteiger partial charge in [-0.1, -0.05) is 17.4 Å². The number of nitrogens with zero attached hydrogens (tertiary/aromatic N) is 6. The molecule has 1 N–H and O–H groups in total. The molecule has 0 bridgehead atoms. The molecule has 0 spiro atoms. The monoisotopic (exact) mass is 395 g/mol. The van der Waals surface area contributed by atoms with E-state index in [1.807, 2.05) is 35.2 Å². The third kappa shape index (κ3) is 2.97. The second-order valence-electron chi connectivity index (χ2n) is 6.48. The molecule has 1 aliphatic rings. The van der Waals surface area contributed by atoms with Crippen LogP contribution in [0.1, 0.15) is 0 Å². The summed E-state index contributed by atoms with van der Waals surface area (Å²) in [7, 11) is 0. The molecule has 28 heavy (non-hydrogen) atoms. The molecule has 8 nitrogen and oxygen atoms in total. The van der Waals surface area contributed by atoms with Crippen molar-refractivity contribution in [2.45, 2.75) is 0 Å². The van der Waals surface area contributed by atoms with Crippen LogP contribution in [0.15, 0.2) is 48.8 Å². The van der Waals surface area contributed by atoms with Gasteiger partial charge in [-0.05, 0) is 46.8 Å². The fraction of sp³-hybridized carbons (Fsp3) is 0.167. The number of hydrogen-bond donors (Lipinski definition) is 1. The van der Waals surface area contributed by atoms with Crippen molar-refractivity contribution in [2.75, 3.05) is 23.3 Å². The number of carbonyl (C=O) groups excluding carboxylic acids is 1. The van der Waals surface area contributed by atoms with Crippen molar-refractivity contribution < 1.29 is 9.18 Å². The average Bonchev–Trinajstić information content (AvgIpc) is 3.31. The van der Waals surface area contributed by atoms with E-state index >= 15 is 0 Å². The minimum atomic E-state index is -0.320. The molecule has 10 heteroatoms. The number of carbonyl (C=O) groups is 1. The van der Waals surface area contributed by atoms with Crippen molar-refractivity contribution in [3.63, 3.8) is 0 Å². The van der Waals surface area contributed by atoms with Crippen molar-refractivity contribution in [3.8, 4) is 5.69 Å². The quantitative estimate of drug-likeness (QED) is 0.571. The van der Waals surface area contributed by atoms with E-state index in [4.69, 9.17) is 0 Å². The summed E-state index contributed by atoms with van der Waals surface area (Å²) in [5.41, 5.74) is 1.90. The molecule has 2 aromatic heterocycles. The molecule has 0 aliphatic carbocycles. The van der Waals surface area contributed by atoms with Gasteiger partial charge in [0.05, 0.1) is 16.3 Å². The summed E-state index contributed by atoms with van der Waals surface area (Å²) >= 11 is 1.44. The highest BCUT2D eigenvalue weighted by Gasteiger charge is 2.34. The van der Waals surface area contributed by atoms with Gasteiger partial charge in [-0.25, -0.2) is 14.1 Å². The van der Waals surface area contributed by atoms with Gasteiger partial charge in [0.2, 0.25) is 5.91 Å². The van der Waals surface area contributed by atoms with Gasteiger partial charge in [0.1, 0.15) is 17.7 Å². The summed E-state index contributed by atoms with van der Waals surface area (Å²) < 4.78 is 16.1. The predicted octanol–water partition coefficient (Wildman–Crippen LogP) is 2.49. The van der Waals surface area contributed by atoms with Crippen molar-refractivity contribution in [1.82, 2.24) is 25.2 Å². The summed E-state index contributed by atoms with van der Waals surface area (Å²) in [4.78, 5) is 18.8. The molecule has 1 amide bonds. The first-order valence-electron chi connectivity index (χ1n) is 8.62. The number of aromatic nitrogens is 5. The van der Waals surface area contributed by atoms with E-state index in [1.165, 1.54) is 28.4 Å². The third-order valence-electron chi connectivity index (χ3n) is 4.63. The lowest BCUT2D eigenvalue weighted by Gasteiger charge is -2.37. The second-order valence-corrected chi connectivity index (χ2v) is 7.48. The van der Waals surface area contributed by atoms with Crippen LogP contribution in [-0.4, -0.2) is 44.2 Å². The van der Waals surface area contributed by atoms with Gasteiger partial charge in [-0.2, -0.15) is 0 Å². The zero-order valence-electron chi connectivity index (χ0n) is 14.5. The molecular formula is C18H14FN7OS. The number of para-hydroxylation sites is 1. The Morgan fingerprint density at radius 2 is 2.00 bits per heavy atom. The maximum atomic E-state index is 13.8. The maximum absolute atomic E-state index is 13.8. The first-order valence-corrected chi connectivity index (χ1v) is 9.43. The number of amides is 1. The zero-order valence-corrected chi connectivity index (χ0v) is 15.3. The first kappa shape index (κ1) is 16.8. The Bertz CT molecular complexity index is 1140. The molecule has 1 saturated heterocycles. The van der Waals surface area contributed by atoms with Crippen molar-refractivity contribution in [2.24, 2.45) is 5.92 Å². The Morgan fingerprint density at radius 1 is 1.18 bits per heavy atom. The normalized spacial score (nSPS) is 14.2. The largest absolute Gasteiger partial charge is 0.346 e. The number of nitrogens with one attached hydrogen (secondary N) is 1. The van der Waals surface area contributed by atoms with Crippen molar-refractivity contribution in [3.05, 3.63) is 54.6 Å². The molecular weight excluding hydrogens is 381 g/mol. The third-order valence-corrected chi connectivity index (χ3v) is 5.71. The molecule has 5 rings (SSSR count). The van der Waals surface area contributed by atoms with E-state index in [1.54, 1.807) is 6.07 Å². The number of hydrogen-bond acceptors (Lipinski definition) is 7. The van der Waals surface area contributed by atoms with Gasteiger partial charge < -0.3 is 10.2 Å². The number of fused-ring (bicyclic) bond motifs is 1. The molecule has 0 saturated carbocycles. The minimum Gasteiger partial charge on any atom is -0.346 e. The fourth-order valence-electron chi connectivity index (χ4n) is 3.06. The summed E-state index contributed by atoms with van der Waals surface area (Å²) in [5.74, 6) is -0.491. The Morgan fingerprint density at radius 3 is 2.71 bits per heavy atom. The van der Waals surface area contributed by atoms with Gasteiger partial charge in [0.15, 0.2) is 5.13 Å². The molecule has 0 unspecified atom stereocenters. The fourth-order valence-corrected chi connectivity index (χ4v) is 4.06. The highest BCUT2D eigenvalue weighted by molar-refractivity contribution is 7.22. The van der Waals surface area contributed by atoms with E-state index in [2.05, 4.69) is 25.8 Å². The molecule has 1 fully saturated rings. The lowest BCUT2D eigenvalue weighted by Crippen LogP contribution is -2.52. The van der Waals surface area contributed by atoms with Crippen LogP contribution in [0.25, 0.3) is 15.9 Å². The molecule has 4 aromatic rings. The highest BCUT2D eigenvalue weighted by Crippen LogP contribution is 2.34. The van der Waals surface area contributed by atoms with E-state index in [9.17, 15) is 9.18 Å². The van der Waals surface area contributed by atoms with Crippen molar-refractivity contribution >= 4 is 38.3 Å². The lowest BCUT2D eigenvalue weighted by molar-refractivity contribution is -0.120. The van der Waals surface area contributed by atoms with Gasteiger partial charge in [-0.3, -0.25) is 4.79 Å². The SMILES string of the molecule is O=C(Nc1ccc(-n2cnnn2)cc1)C1CN(c2nc3c(F)cccc3s2)C1. The highest BCUT2D eigenvalue weighted by atomic mass is 32.1. The Hall–Kier alpha value is -3.40. The number of anilines is 2. The van der Waals surface area contributed by atoms with Crippen LogP contribution in [0.3, 0.4) is 0 Å². The average molecular weight is 395 g/mol. The van der Waals surface area contributed by atoms with Crippen LogP contribution >= 0.6 is 11.3 Å². The summed E-state index contributed by atoms with van der Waals surface area (Å²) in [6, 6.07) is 12.2. The van der Waals surface area contributed by atoms with Crippen LogP contribution in [0.4, 0.5) is 15.2 Å². The van der Waals surface area contributed by atoms with Crippen molar-refractivity contribution in [1.29, 1.82) is 0 Å². The van der Waals surface area contributed by atoms with E-state index in [-0.39, 0.29) is 17.6 Å². The van der Waals surface area contributed by atoms with Crippen LogP contribution in [0, 0.1) is 11.7 Å². The van der Waals surface area contributed by atoms with Gasteiger partial charge in [-0.15, -0.1) is 5.10 Å². The van der Waals surface area contributed by atoms with Gasteiger partial charge in [0, 0.05) is 18.8 Å². The molecule has 140 valence electrons. The van der Waals surface area contributed by atoms with Gasteiger partial charge >= 0.3 is 0 Å². The number of tetrazole rings is 1. The predicted molar refractivity (Wildman–Crippen MR) is 103 cm³/mol. The van der Waals surface area contributed by atoms with Crippen LogP contribution in [-0.2, 0) is 4.79 Å². The Kier molecular flexibility index (Phi) is 3.97. The Balaban J connectivity index is 1.21. The maximum Gasteiger partial charge on any atom is 0.231 e. The lowest BCUT2D eigenvalue weighted by atomic mass is 10.00. The Labute approximate surface area is 162 Å².